The number of hydrogen-bond acceptors (Lipinski definition) is 3. The van der Waals surface area contributed by atoms with E-state index < -0.39 is 5.97 Å². The van der Waals surface area contributed by atoms with Crippen molar-refractivity contribution in [2.24, 2.45) is 0 Å². The molecule has 0 aliphatic heterocycles. The minimum absolute atomic E-state index is 0.0590. The van der Waals surface area contributed by atoms with Gasteiger partial charge in [-0.2, -0.15) is 0 Å². The van der Waals surface area contributed by atoms with E-state index in [-0.39, 0.29) is 18.4 Å². The molecule has 0 saturated carbocycles. The summed E-state index contributed by atoms with van der Waals surface area (Å²) in [4.78, 5) is 22.5. The van der Waals surface area contributed by atoms with Crippen molar-refractivity contribution in [2.45, 2.75) is 39.2 Å². The smallest absolute Gasteiger partial charge is 0.305 e. The van der Waals surface area contributed by atoms with Crippen LogP contribution in [-0.4, -0.2) is 23.0 Å². The highest BCUT2D eigenvalue weighted by Gasteiger charge is 2.18. The fourth-order valence-electron chi connectivity index (χ4n) is 1.67. The summed E-state index contributed by atoms with van der Waals surface area (Å²) in [5, 5.41) is 11.5. The topological polar surface area (TPSA) is 79.5 Å². The molecule has 1 aromatic rings. The molecule has 94 valence electrons. The van der Waals surface area contributed by atoms with Crippen molar-refractivity contribution in [3.63, 3.8) is 0 Å². The predicted octanol–water partition coefficient (Wildman–Crippen LogP) is 1.96. The standard InChI is InChI=1S/C12H17NO4/c1-3-4-9(7-11(14)15)13-12(16)10-5-6-17-8(10)2/h5-6,9H,3-4,7H2,1-2H3,(H,13,16)(H,14,15). The molecule has 0 aromatic carbocycles. The van der Waals surface area contributed by atoms with Gasteiger partial charge in [-0.15, -0.1) is 0 Å². The van der Waals surface area contributed by atoms with E-state index in [0.29, 0.717) is 17.7 Å². The molecule has 2 N–H and O–H groups in total. The Morgan fingerprint density at radius 2 is 2.24 bits per heavy atom. The predicted molar refractivity (Wildman–Crippen MR) is 61.9 cm³/mol. The zero-order valence-electron chi connectivity index (χ0n) is 10.0. The molecule has 5 heteroatoms. The molecule has 0 spiro atoms. The number of nitrogens with one attached hydrogen (secondary N) is 1. The maximum Gasteiger partial charge on any atom is 0.305 e. The Morgan fingerprint density at radius 1 is 1.53 bits per heavy atom. The maximum absolute atomic E-state index is 11.8. The van der Waals surface area contributed by atoms with Crippen molar-refractivity contribution < 1.29 is 19.1 Å². The van der Waals surface area contributed by atoms with Crippen LogP contribution >= 0.6 is 0 Å². The minimum Gasteiger partial charge on any atom is -0.481 e. The van der Waals surface area contributed by atoms with E-state index >= 15 is 0 Å². The number of carboxylic acid groups (broad SMARTS) is 1. The zero-order valence-corrected chi connectivity index (χ0v) is 10.0. The third-order valence-corrected chi connectivity index (χ3v) is 2.50. The summed E-state index contributed by atoms with van der Waals surface area (Å²) in [6.07, 6.45) is 2.85. The lowest BCUT2D eigenvalue weighted by atomic mass is 10.1. The van der Waals surface area contributed by atoms with Gasteiger partial charge in [0.1, 0.15) is 5.76 Å². The summed E-state index contributed by atoms with van der Waals surface area (Å²) < 4.78 is 5.03. The Kier molecular flexibility index (Phi) is 4.75. The van der Waals surface area contributed by atoms with Gasteiger partial charge in [-0.3, -0.25) is 9.59 Å². The largest absolute Gasteiger partial charge is 0.481 e. The molecule has 1 rings (SSSR count). The second-order valence-corrected chi connectivity index (χ2v) is 3.95. The molecule has 0 bridgehead atoms. The molecule has 1 unspecified atom stereocenters. The van der Waals surface area contributed by atoms with E-state index in [4.69, 9.17) is 9.52 Å². The fourth-order valence-corrected chi connectivity index (χ4v) is 1.67. The number of furan rings is 1. The van der Waals surface area contributed by atoms with Crippen molar-refractivity contribution in [3.8, 4) is 0 Å². The Morgan fingerprint density at radius 3 is 2.71 bits per heavy atom. The highest BCUT2D eigenvalue weighted by Crippen LogP contribution is 2.10. The van der Waals surface area contributed by atoms with Crippen LogP contribution < -0.4 is 5.32 Å². The van der Waals surface area contributed by atoms with Crippen molar-refractivity contribution >= 4 is 11.9 Å². The van der Waals surface area contributed by atoms with E-state index in [9.17, 15) is 9.59 Å². The van der Waals surface area contributed by atoms with Gasteiger partial charge in [-0.25, -0.2) is 0 Å². The number of carboxylic acids is 1. The van der Waals surface area contributed by atoms with Crippen molar-refractivity contribution in [1.29, 1.82) is 0 Å². The highest BCUT2D eigenvalue weighted by molar-refractivity contribution is 5.95. The Bertz CT molecular complexity index is 397. The average molecular weight is 239 g/mol. The van der Waals surface area contributed by atoms with Crippen molar-refractivity contribution in [1.82, 2.24) is 5.32 Å². The van der Waals surface area contributed by atoms with Crippen molar-refractivity contribution in [2.75, 3.05) is 0 Å². The van der Waals surface area contributed by atoms with Crippen LogP contribution in [0.4, 0.5) is 0 Å². The summed E-state index contributed by atoms with van der Waals surface area (Å²) in [6.45, 7) is 3.64. The number of aliphatic carboxylic acids is 1. The molecule has 1 amide bonds. The van der Waals surface area contributed by atoms with Gasteiger partial charge in [-0.1, -0.05) is 13.3 Å². The molecule has 0 aliphatic carbocycles. The van der Waals surface area contributed by atoms with E-state index in [0.717, 1.165) is 6.42 Å². The molecular weight excluding hydrogens is 222 g/mol. The molecular formula is C12H17NO4. The quantitative estimate of drug-likeness (QED) is 0.795. The van der Waals surface area contributed by atoms with Crippen LogP contribution in [0.5, 0.6) is 0 Å². The monoisotopic (exact) mass is 239 g/mol. The Labute approximate surface area is 99.8 Å². The molecule has 1 aromatic heterocycles. The van der Waals surface area contributed by atoms with Crippen LogP contribution in [-0.2, 0) is 4.79 Å². The first-order chi connectivity index (χ1) is 8.04. The molecule has 1 atom stereocenters. The van der Waals surface area contributed by atoms with E-state index in [1.165, 1.54) is 6.26 Å². The minimum atomic E-state index is -0.910. The van der Waals surface area contributed by atoms with Gasteiger partial charge < -0.3 is 14.8 Å². The number of amides is 1. The summed E-state index contributed by atoms with van der Waals surface area (Å²) in [6, 6.07) is 1.24. The number of rotatable bonds is 6. The first kappa shape index (κ1) is 13.3. The average Bonchev–Trinajstić information content (AvgIpc) is 2.63. The van der Waals surface area contributed by atoms with Gasteiger partial charge in [0.15, 0.2) is 0 Å². The number of hydrogen-bond donors (Lipinski definition) is 2. The normalized spacial score (nSPS) is 12.1. The first-order valence-corrected chi connectivity index (χ1v) is 5.61. The number of carbonyl (C=O) groups excluding carboxylic acids is 1. The molecule has 0 aliphatic rings. The van der Waals surface area contributed by atoms with E-state index in [2.05, 4.69) is 5.32 Å². The fraction of sp³-hybridized carbons (Fsp3) is 0.500. The second-order valence-electron chi connectivity index (χ2n) is 3.95. The SMILES string of the molecule is CCCC(CC(=O)O)NC(=O)c1ccoc1C. The van der Waals surface area contributed by atoms with Gasteiger partial charge in [0.2, 0.25) is 0 Å². The summed E-state index contributed by atoms with van der Waals surface area (Å²) in [5.74, 6) is -0.656. The Hall–Kier alpha value is -1.78. The Balaban J connectivity index is 2.64. The lowest BCUT2D eigenvalue weighted by molar-refractivity contribution is -0.137. The maximum atomic E-state index is 11.8. The highest BCUT2D eigenvalue weighted by atomic mass is 16.4. The summed E-state index contributed by atoms with van der Waals surface area (Å²) >= 11 is 0. The lowest BCUT2D eigenvalue weighted by Gasteiger charge is -2.15. The van der Waals surface area contributed by atoms with Gasteiger partial charge in [0.05, 0.1) is 18.2 Å². The molecule has 17 heavy (non-hydrogen) atoms. The van der Waals surface area contributed by atoms with E-state index in [1.807, 2.05) is 6.92 Å². The van der Waals surface area contributed by atoms with Crippen LogP contribution in [0.2, 0.25) is 0 Å². The second kappa shape index (κ2) is 6.08. The van der Waals surface area contributed by atoms with Gasteiger partial charge >= 0.3 is 5.97 Å². The van der Waals surface area contributed by atoms with Gasteiger partial charge in [0.25, 0.3) is 5.91 Å². The molecule has 1 heterocycles. The van der Waals surface area contributed by atoms with Crippen LogP contribution in [0.25, 0.3) is 0 Å². The summed E-state index contributed by atoms with van der Waals surface area (Å²) in [7, 11) is 0. The third-order valence-electron chi connectivity index (χ3n) is 2.50. The van der Waals surface area contributed by atoms with Crippen molar-refractivity contribution in [3.05, 3.63) is 23.7 Å². The van der Waals surface area contributed by atoms with Crippen LogP contribution in [0, 0.1) is 6.92 Å². The summed E-state index contributed by atoms with van der Waals surface area (Å²) in [5.41, 5.74) is 0.455. The lowest BCUT2D eigenvalue weighted by Crippen LogP contribution is -2.36. The van der Waals surface area contributed by atoms with E-state index in [1.54, 1.807) is 13.0 Å². The molecule has 5 nitrogen and oxygen atoms in total. The van der Waals surface area contributed by atoms with Crippen LogP contribution in [0.1, 0.15) is 42.3 Å². The van der Waals surface area contributed by atoms with Gasteiger partial charge in [-0.05, 0) is 19.4 Å². The van der Waals surface area contributed by atoms with Gasteiger partial charge in [0, 0.05) is 6.04 Å². The van der Waals surface area contributed by atoms with Crippen LogP contribution in [0.15, 0.2) is 16.7 Å². The molecule has 0 fully saturated rings. The third kappa shape index (κ3) is 3.94. The van der Waals surface area contributed by atoms with Crippen LogP contribution in [0.3, 0.4) is 0 Å². The molecule has 0 radical (unpaired) electrons. The zero-order chi connectivity index (χ0) is 12.8. The number of carbonyl (C=O) groups is 2. The number of aryl methyl sites for hydroxylation is 1. The molecule has 0 saturated heterocycles. The first-order valence-electron chi connectivity index (χ1n) is 5.61.